The van der Waals surface area contributed by atoms with Gasteiger partial charge in [0, 0.05) is 10.0 Å². The van der Waals surface area contributed by atoms with Crippen molar-refractivity contribution >= 4 is 22.0 Å². The molecule has 2 amide bonds. The number of rotatable bonds is 2. The maximum Gasteiger partial charge on any atom is 0.405 e. The van der Waals surface area contributed by atoms with E-state index in [4.69, 9.17) is 4.74 Å². The van der Waals surface area contributed by atoms with Crippen LogP contribution in [0.3, 0.4) is 0 Å². The third kappa shape index (κ3) is 3.76. The number of benzene rings is 1. The van der Waals surface area contributed by atoms with Gasteiger partial charge in [-0.3, -0.25) is 0 Å². The number of fused-ring (bicyclic) bond motifs is 1. The van der Waals surface area contributed by atoms with Crippen molar-refractivity contribution in [1.82, 2.24) is 10.6 Å². The summed E-state index contributed by atoms with van der Waals surface area (Å²) in [5, 5.41) is 4.19. The molecule has 0 saturated heterocycles. The van der Waals surface area contributed by atoms with Crippen LogP contribution >= 0.6 is 15.9 Å². The van der Waals surface area contributed by atoms with Gasteiger partial charge in [-0.1, -0.05) is 22.0 Å². The van der Waals surface area contributed by atoms with Gasteiger partial charge in [0.1, 0.15) is 18.9 Å². The SMILES string of the molecule is O=C(NCC(F)(F)F)N[C@@H]1COc2cc(Br)ccc21. The summed E-state index contributed by atoms with van der Waals surface area (Å²) >= 11 is 3.28. The maximum absolute atomic E-state index is 11.9. The summed E-state index contributed by atoms with van der Waals surface area (Å²) in [5.41, 5.74) is 0.741. The van der Waals surface area contributed by atoms with Crippen molar-refractivity contribution in [2.24, 2.45) is 0 Å². The molecular weight excluding hydrogens is 329 g/mol. The zero-order chi connectivity index (χ0) is 14.0. The number of amides is 2. The standard InChI is InChI=1S/C11H10BrF3N2O2/c12-6-1-2-7-8(4-19-9(7)3-6)17-10(18)16-5-11(13,14)15/h1-3,8H,4-5H2,(H2,16,17,18)/t8-/m1/s1. The van der Waals surface area contributed by atoms with E-state index in [-0.39, 0.29) is 6.61 Å². The minimum atomic E-state index is -4.42. The van der Waals surface area contributed by atoms with Crippen molar-refractivity contribution in [3.8, 4) is 5.75 Å². The predicted octanol–water partition coefficient (Wildman–Crippen LogP) is 2.74. The largest absolute Gasteiger partial charge is 0.491 e. The van der Waals surface area contributed by atoms with Gasteiger partial charge in [0.15, 0.2) is 0 Å². The van der Waals surface area contributed by atoms with Crippen LogP contribution in [0.15, 0.2) is 22.7 Å². The van der Waals surface area contributed by atoms with Crippen molar-refractivity contribution in [3.63, 3.8) is 0 Å². The average molecular weight is 339 g/mol. The molecule has 8 heteroatoms. The molecule has 104 valence electrons. The van der Waals surface area contributed by atoms with E-state index in [1.54, 1.807) is 23.5 Å². The molecule has 2 rings (SSSR count). The quantitative estimate of drug-likeness (QED) is 0.871. The Kier molecular flexibility index (Phi) is 3.88. The minimum Gasteiger partial charge on any atom is -0.491 e. The molecule has 0 unspecified atom stereocenters. The van der Waals surface area contributed by atoms with Gasteiger partial charge in [-0.2, -0.15) is 13.2 Å². The lowest BCUT2D eigenvalue weighted by Crippen LogP contribution is -2.42. The zero-order valence-electron chi connectivity index (χ0n) is 9.55. The molecule has 0 aliphatic carbocycles. The highest BCUT2D eigenvalue weighted by Crippen LogP contribution is 2.34. The van der Waals surface area contributed by atoms with Crippen LogP contribution in [0.1, 0.15) is 11.6 Å². The van der Waals surface area contributed by atoms with Crippen molar-refractivity contribution in [3.05, 3.63) is 28.2 Å². The first-order valence-electron chi connectivity index (χ1n) is 5.38. The number of carbonyl (C=O) groups excluding carboxylic acids is 1. The molecule has 0 saturated carbocycles. The molecule has 1 atom stereocenters. The first-order chi connectivity index (χ1) is 8.85. The lowest BCUT2D eigenvalue weighted by molar-refractivity contribution is -0.122. The average Bonchev–Trinajstić information content (AvgIpc) is 2.68. The smallest absolute Gasteiger partial charge is 0.405 e. The zero-order valence-corrected chi connectivity index (χ0v) is 11.1. The highest BCUT2D eigenvalue weighted by Gasteiger charge is 2.29. The fourth-order valence-electron chi connectivity index (χ4n) is 1.69. The lowest BCUT2D eigenvalue weighted by Gasteiger charge is -2.13. The Morgan fingerprint density at radius 2 is 2.21 bits per heavy atom. The Hall–Kier alpha value is -1.44. The van der Waals surface area contributed by atoms with E-state index in [0.717, 1.165) is 10.0 Å². The molecule has 1 aromatic rings. The van der Waals surface area contributed by atoms with Gasteiger partial charge in [-0.25, -0.2) is 4.79 Å². The molecule has 1 aromatic carbocycles. The number of alkyl halides is 3. The lowest BCUT2D eigenvalue weighted by atomic mass is 10.1. The topological polar surface area (TPSA) is 50.4 Å². The molecule has 0 bridgehead atoms. The van der Waals surface area contributed by atoms with Crippen LogP contribution in [0.5, 0.6) is 5.75 Å². The second-order valence-electron chi connectivity index (χ2n) is 3.99. The number of nitrogens with one attached hydrogen (secondary N) is 2. The van der Waals surface area contributed by atoms with Gasteiger partial charge in [-0.15, -0.1) is 0 Å². The summed E-state index contributed by atoms with van der Waals surface area (Å²) in [6, 6.07) is 3.94. The van der Waals surface area contributed by atoms with E-state index >= 15 is 0 Å². The van der Waals surface area contributed by atoms with Crippen LogP contribution in [-0.2, 0) is 0 Å². The van der Waals surface area contributed by atoms with E-state index in [0.29, 0.717) is 5.75 Å². The molecule has 1 aliphatic rings. The fourth-order valence-corrected chi connectivity index (χ4v) is 2.03. The third-order valence-electron chi connectivity index (χ3n) is 2.51. The minimum absolute atomic E-state index is 0.200. The van der Waals surface area contributed by atoms with Gasteiger partial charge < -0.3 is 15.4 Å². The third-order valence-corrected chi connectivity index (χ3v) is 3.00. The van der Waals surface area contributed by atoms with Gasteiger partial charge in [0.05, 0.1) is 6.04 Å². The highest BCUT2D eigenvalue weighted by molar-refractivity contribution is 9.10. The summed E-state index contributed by atoms with van der Waals surface area (Å²) in [6.45, 7) is -1.16. The Morgan fingerprint density at radius 1 is 1.47 bits per heavy atom. The molecule has 0 aromatic heterocycles. The second kappa shape index (κ2) is 5.28. The Labute approximate surface area is 115 Å². The normalized spacial score (nSPS) is 17.6. The van der Waals surface area contributed by atoms with Gasteiger partial charge in [0.2, 0.25) is 0 Å². The van der Waals surface area contributed by atoms with E-state index in [1.807, 2.05) is 0 Å². The molecule has 0 radical (unpaired) electrons. The Balaban J connectivity index is 1.94. The van der Waals surface area contributed by atoms with Crippen LogP contribution in [0, 0.1) is 0 Å². The molecular formula is C11H10BrF3N2O2. The van der Waals surface area contributed by atoms with Crippen LogP contribution in [0.25, 0.3) is 0 Å². The predicted molar refractivity (Wildman–Crippen MR) is 65.0 cm³/mol. The molecule has 1 aliphatic heterocycles. The number of ether oxygens (including phenoxy) is 1. The van der Waals surface area contributed by atoms with Crippen molar-refractivity contribution < 1.29 is 22.7 Å². The molecule has 4 nitrogen and oxygen atoms in total. The fraction of sp³-hybridized carbons (Fsp3) is 0.364. The molecule has 0 fully saturated rings. The number of hydrogen-bond acceptors (Lipinski definition) is 2. The van der Waals surface area contributed by atoms with E-state index < -0.39 is 24.8 Å². The van der Waals surface area contributed by atoms with E-state index in [9.17, 15) is 18.0 Å². The van der Waals surface area contributed by atoms with Gasteiger partial charge in [0.25, 0.3) is 0 Å². The van der Waals surface area contributed by atoms with Crippen molar-refractivity contribution in [1.29, 1.82) is 0 Å². The summed E-state index contributed by atoms with van der Waals surface area (Å²) in [7, 11) is 0. The molecule has 19 heavy (non-hydrogen) atoms. The monoisotopic (exact) mass is 338 g/mol. The molecule has 2 N–H and O–H groups in total. The number of carbonyl (C=O) groups is 1. The van der Waals surface area contributed by atoms with Crippen LogP contribution in [-0.4, -0.2) is 25.4 Å². The highest BCUT2D eigenvalue weighted by atomic mass is 79.9. The number of halogens is 4. The first-order valence-corrected chi connectivity index (χ1v) is 6.18. The van der Waals surface area contributed by atoms with Gasteiger partial charge in [-0.05, 0) is 12.1 Å². The summed E-state index contributed by atoms with van der Waals surface area (Å²) < 4.78 is 42.0. The van der Waals surface area contributed by atoms with E-state index in [1.165, 1.54) is 0 Å². The maximum atomic E-state index is 11.9. The molecule has 1 heterocycles. The summed E-state index contributed by atoms with van der Waals surface area (Å²) in [4.78, 5) is 11.3. The number of hydrogen-bond donors (Lipinski definition) is 2. The van der Waals surface area contributed by atoms with Gasteiger partial charge >= 0.3 is 12.2 Å². The number of urea groups is 1. The first kappa shape index (κ1) is 14.0. The second-order valence-corrected chi connectivity index (χ2v) is 4.90. The van der Waals surface area contributed by atoms with Crippen LogP contribution < -0.4 is 15.4 Å². The molecule has 0 spiro atoms. The summed E-state index contributed by atoms with van der Waals surface area (Å²) in [5.74, 6) is 0.607. The van der Waals surface area contributed by atoms with Crippen LogP contribution in [0.4, 0.5) is 18.0 Å². The van der Waals surface area contributed by atoms with Crippen molar-refractivity contribution in [2.45, 2.75) is 12.2 Å². The van der Waals surface area contributed by atoms with E-state index in [2.05, 4.69) is 21.2 Å². The van der Waals surface area contributed by atoms with Crippen molar-refractivity contribution in [2.75, 3.05) is 13.2 Å². The van der Waals surface area contributed by atoms with Crippen LogP contribution in [0.2, 0.25) is 0 Å². The Bertz CT molecular complexity index is 493. The summed E-state index contributed by atoms with van der Waals surface area (Å²) in [6.07, 6.45) is -4.42. The Morgan fingerprint density at radius 3 is 2.89 bits per heavy atom.